The van der Waals surface area contributed by atoms with Gasteiger partial charge in [0.05, 0.1) is 17.6 Å². The molecule has 0 bridgehead atoms. The maximum atomic E-state index is 11.5. The Hall–Kier alpha value is -0.130. The Bertz CT molecular complexity index is 224. The zero-order valence-electron chi connectivity index (χ0n) is 8.70. The molecule has 13 heavy (non-hydrogen) atoms. The Labute approximate surface area is 80.6 Å². The lowest BCUT2D eigenvalue weighted by Gasteiger charge is -2.16. The molecule has 0 aromatic carbocycles. The highest BCUT2D eigenvalue weighted by atomic mass is 32.2. The topological polar surface area (TPSA) is 55.4 Å². The molecule has 80 valence electrons. The Kier molecular flexibility index (Phi) is 5.51. The second-order valence-corrected chi connectivity index (χ2v) is 5.92. The van der Waals surface area contributed by atoms with Gasteiger partial charge in [0.2, 0.25) is 0 Å². The summed E-state index contributed by atoms with van der Waals surface area (Å²) in [5.41, 5.74) is 0. The Morgan fingerprint density at radius 3 is 2.23 bits per heavy atom. The van der Waals surface area contributed by atoms with E-state index in [4.69, 9.17) is 4.74 Å². The molecule has 1 atom stereocenters. The molecule has 0 aromatic heterocycles. The summed E-state index contributed by atoms with van der Waals surface area (Å²) in [5.74, 6) is 0.134. The van der Waals surface area contributed by atoms with Crippen molar-refractivity contribution in [3.8, 4) is 0 Å². The summed E-state index contributed by atoms with van der Waals surface area (Å²) in [5, 5.41) is 2.59. The molecule has 0 aliphatic heterocycles. The van der Waals surface area contributed by atoms with Gasteiger partial charge >= 0.3 is 0 Å². The Balaban J connectivity index is 4.23. The van der Waals surface area contributed by atoms with Crippen molar-refractivity contribution in [3.05, 3.63) is 0 Å². The van der Waals surface area contributed by atoms with Gasteiger partial charge in [0.1, 0.15) is 0 Å². The number of ether oxygens (including phenoxy) is 1. The number of sulfone groups is 1. The van der Waals surface area contributed by atoms with Crippen LogP contribution in [0.1, 0.15) is 13.8 Å². The fourth-order valence-electron chi connectivity index (χ4n) is 0.889. The van der Waals surface area contributed by atoms with Crippen molar-refractivity contribution < 1.29 is 13.2 Å². The van der Waals surface area contributed by atoms with E-state index in [1.165, 1.54) is 0 Å². The molecule has 1 unspecified atom stereocenters. The molecular weight excluding hydrogens is 190 g/mol. The fraction of sp³-hybridized carbons (Fsp3) is 1.00. The molecule has 0 heterocycles. The Morgan fingerprint density at radius 2 is 1.92 bits per heavy atom. The van der Waals surface area contributed by atoms with Crippen LogP contribution >= 0.6 is 0 Å². The van der Waals surface area contributed by atoms with Gasteiger partial charge in [-0.25, -0.2) is 8.42 Å². The third-order valence-corrected chi connectivity index (χ3v) is 4.23. The van der Waals surface area contributed by atoms with Crippen LogP contribution in [0.2, 0.25) is 0 Å². The van der Waals surface area contributed by atoms with Crippen molar-refractivity contribution >= 4 is 9.84 Å². The quantitative estimate of drug-likeness (QED) is 0.671. The first-order valence-corrected chi connectivity index (χ1v) is 6.03. The van der Waals surface area contributed by atoms with Crippen molar-refractivity contribution in [2.24, 2.45) is 0 Å². The zero-order chi connectivity index (χ0) is 10.5. The van der Waals surface area contributed by atoms with E-state index in [-0.39, 0.29) is 17.0 Å². The van der Waals surface area contributed by atoms with Crippen LogP contribution in [0.5, 0.6) is 0 Å². The van der Waals surface area contributed by atoms with Gasteiger partial charge in [-0.15, -0.1) is 0 Å². The van der Waals surface area contributed by atoms with Gasteiger partial charge in [0.25, 0.3) is 0 Å². The lowest BCUT2D eigenvalue weighted by molar-refractivity contribution is 0.176. The lowest BCUT2D eigenvalue weighted by atomic mass is 10.4. The minimum atomic E-state index is -2.97. The lowest BCUT2D eigenvalue weighted by Crippen LogP contribution is -2.38. The van der Waals surface area contributed by atoms with E-state index in [0.717, 1.165) is 0 Å². The van der Waals surface area contributed by atoms with Crippen LogP contribution in [0.3, 0.4) is 0 Å². The first-order valence-electron chi connectivity index (χ1n) is 4.31. The number of methoxy groups -OCH3 is 1. The molecule has 0 aliphatic carbocycles. The van der Waals surface area contributed by atoms with Crippen LogP contribution in [-0.2, 0) is 14.6 Å². The third-order valence-electron chi connectivity index (χ3n) is 1.93. The SMILES string of the molecule is CNC(COC)CS(=O)(=O)C(C)C. The van der Waals surface area contributed by atoms with Crippen LogP contribution < -0.4 is 5.32 Å². The molecule has 0 fully saturated rings. The van der Waals surface area contributed by atoms with Crippen molar-refractivity contribution in [1.29, 1.82) is 0 Å². The predicted octanol–water partition coefficient (Wildman–Crippen LogP) is 0.0440. The van der Waals surface area contributed by atoms with Crippen LogP contribution in [-0.4, -0.2) is 46.2 Å². The molecule has 0 rings (SSSR count). The number of nitrogens with one attached hydrogen (secondary N) is 1. The van der Waals surface area contributed by atoms with E-state index in [1.807, 2.05) is 0 Å². The number of hydrogen-bond donors (Lipinski definition) is 1. The van der Waals surface area contributed by atoms with E-state index in [1.54, 1.807) is 28.0 Å². The molecule has 0 saturated carbocycles. The number of likely N-dealkylation sites (N-methyl/N-ethyl adjacent to an activating group) is 1. The van der Waals surface area contributed by atoms with Gasteiger partial charge in [0, 0.05) is 13.2 Å². The molecule has 0 saturated heterocycles. The van der Waals surface area contributed by atoms with Crippen molar-refractivity contribution in [2.75, 3.05) is 26.5 Å². The molecule has 0 spiro atoms. The summed E-state index contributed by atoms with van der Waals surface area (Å²) in [6.45, 7) is 3.80. The Morgan fingerprint density at radius 1 is 1.38 bits per heavy atom. The summed E-state index contributed by atoms with van der Waals surface area (Å²) < 4.78 is 27.9. The van der Waals surface area contributed by atoms with E-state index in [2.05, 4.69) is 5.32 Å². The van der Waals surface area contributed by atoms with Crippen LogP contribution in [0.25, 0.3) is 0 Å². The summed E-state index contributed by atoms with van der Waals surface area (Å²) in [7, 11) is 0.323. The van der Waals surface area contributed by atoms with Gasteiger partial charge in [0.15, 0.2) is 9.84 Å². The molecular formula is C8H19NO3S. The first-order chi connectivity index (χ1) is 5.94. The minimum Gasteiger partial charge on any atom is -0.383 e. The summed E-state index contributed by atoms with van der Waals surface area (Å²) in [6.07, 6.45) is 0. The van der Waals surface area contributed by atoms with Crippen LogP contribution in [0.15, 0.2) is 0 Å². The smallest absolute Gasteiger partial charge is 0.154 e. The van der Waals surface area contributed by atoms with Gasteiger partial charge in [-0.3, -0.25) is 0 Å². The van der Waals surface area contributed by atoms with Gasteiger partial charge in [-0.05, 0) is 20.9 Å². The predicted molar refractivity (Wildman–Crippen MR) is 53.6 cm³/mol. The molecule has 4 nitrogen and oxygen atoms in total. The second kappa shape index (κ2) is 5.57. The maximum absolute atomic E-state index is 11.5. The number of hydrogen-bond acceptors (Lipinski definition) is 4. The molecule has 0 radical (unpaired) electrons. The van der Waals surface area contributed by atoms with E-state index in [9.17, 15) is 8.42 Å². The molecule has 0 amide bonds. The zero-order valence-corrected chi connectivity index (χ0v) is 9.52. The normalized spacial score (nSPS) is 14.8. The second-order valence-electron chi connectivity index (χ2n) is 3.32. The average Bonchev–Trinajstić information content (AvgIpc) is 2.03. The highest BCUT2D eigenvalue weighted by Gasteiger charge is 2.21. The minimum absolute atomic E-state index is 0.114. The van der Waals surface area contributed by atoms with Crippen LogP contribution in [0, 0.1) is 0 Å². The molecule has 1 N–H and O–H groups in total. The van der Waals surface area contributed by atoms with Crippen molar-refractivity contribution in [1.82, 2.24) is 5.32 Å². The van der Waals surface area contributed by atoms with Gasteiger partial charge in [-0.2, -0.15) is 0 Å². The summed E-state index contributed by atoms with van der Waals surface area (Å²) in [4.78, 5) is 0. The van der Waals surface area contributed by atoms with E-state index < -0.39 is 9.84 Å². The van der Waals surface area contributed by atoms with Crippen molar-refractivity contribution in [3.63, 3.8) is 0 Å². The van der Waals surface area contributed by atoms with E-state index in [0.29, 0.717) is 6.61 Å². The summed E-state index contributed by atoms with van der Waals surface area (Å²) in [6, 6.07) is -0.114. The molecule has 0 aromatic rings. The fourth-order valence-corrected chi connectivity index (χ4v) is 2.10. The standard InChI is InChI=1S/C8H19NO3S/c1-7(2)13(10,11)6-8(9-3)5-12-4/h7-9H,5-6H2,1-4H3. The van der Waals surface area contributed by atoms with Gasteiger partial charge in [-0.1, -0.05) is 0 Å². The highest BCUT2D eigenvalue weighted by Crippen LogP contribution is 2.03. The monoisotopic (exact) mass is 209 g/mol. The highest BCUT2D eigenvalue weighted by molar-refractivity contribution is 7.92. The van der Waals surface area contributed by atoms with Gasteiger partial charge < -0.3 is 10.1 Å². The molecule has 5 heteroatoms. The first kappa shape index (κ1) is 12.9. The van der Waals surface area contributed by atoms with Crippen molar-refractivity contribution in [2.45, 2.75) is 25.1 Å². The molecule has 0 aliphatic rings. The number of rotatable bonds is 6. The third kappa shape index (κ3) is 4.59. The summed E-state index contributed by atoms with van der Waals surface area (Å²) >= 11 is 0. The largest absolute Gasteiger partial charge is 0.383 e. The average molecular weight is 209 g/mol. The van der Waals surface area contributed by atoms with Crippen LogP contribution in [0.4, 0.5) is 0 Å². The van der Waals surface area contributed by atoms with E-state index >= 15 is 0 Å². The maximum Gasteiger partial charge on any atom is 0.154 e.